The van der Waals surface area contributed by atoms with Crippen molar-refractivity contribution in [2.45, 2.75) is 52.7 Å². The monoisotopic (exact) mass is 573 g/mol. The van der Waals surface area contributed by atoms with Crippen LogP contribution in [0, 0.1) is 23.0 Å². The second kappa shape index (κ2) is 12.2. The highest BCUT2D eigenvalue weighted by Gasteiger charge is 2.31. The van der Waals surface area contributed by atoms with Crippen LogP contribution in [-0.4, -0.2) is 30.7 Å². The number of hydrogen-bond donors (Lipinski definition) is 2. The molecule has 8 nitrogen and oxygen atoms in total. The van der Waals surface area contributed by atoms with Gasteiger partial charge >= 0.3 is 6.09 Å². The van der Waals surface area contributed by atoms with Crippen LogP contribution >= 0.6 is 11.3 Å². The summed E-state index contributed by atoms with van der Waals surface area (Å²) in [4.78, 5) is 30.2. The number of aromatic nitrogens is 1. The van der Waals surface area contributed by atoms with Gasteiger partial charge in [-0.1, -0.05) is 26.8 Å². The van der Waals surface area contributed by atoms with Gasteiger partial charge in [0.2, 0.25) is 0 Å². The maximum Gasteiger partial charge on any atom is 0.405 e. The van der Waals surface area contributed by atoms with E-state index in [0.29, 0.717) is 45.9 Å². The van der Waals surface area contributed by atoms with Gasteiger partial charge in [-0.15, -0.1) is 11.3 Å². The van der Waals surface area contributed by atoms with Crippen molar-refractivity contribution in [2.75, 3.05) is 13.7 Å². The molecule has 3 aromatic rings. The molecule has 1 aliphatic carbocycles. The van der Waals surface area contributed by atoms with Crippen LogP contribution in [0.2, 0.25) is 0 Å². The van der Waals surface area contributed by atoms with Crippen molar-refractivity contribution in [3.63, 3.8) is 0 Å². The molecule has 4 rings (SSSR count). The molecule has 1 atom stereocenters. The van der Waals surface area contributed by atoms with E-state index >= 15 is 0 Å². The average Bonchev–Trinajstić information content (AvgIpc) is 3.60. The Hall–Kier alpha value is -3.73. The van der Waals surface area contributed by atoms with E-state index in [9.17, 15) is 18.4 Å². The SMILES string of the molecule is COc1ccc(-c2nc(C(=O)NCc3ccc(F)cc3F)c(C(CC(C)(C)C)OC(N)=O)s2)cc1OCC1CC1. The van der Waals surface area contributed by atoms with Crippen molar-refractivity contribution in [1.29, 1.82) is 0 Å². The molecular weight excluding hydrogens is 540 g/mol. The molecule has 0 bridgehead atoms. The second-order valence-electron chi connectivity index (χ2n) is 11.0. The van der Waals surface area contributed by atoms with Crippen molar-refractivity contribution >= 4 is 23.3 Å². The molecule has 11 heteroatoms. The highest BCUT2D eigenvalue weighted by Crippen LogP contribution is 2.41. The van der Waals surface area contributed by atoms with Crippen molar-refractivity contribution in [3.05, 3.63) is 64.2 Å². The Kier molecular flexibility index (Phi) is 8.92. The van der Waals surface area contributed by atoms with Crippen molar-refractivity contribution in [3.8, 4) is 22.1 Å². The highest BCUT2D eigenvalue weighted by molar-refractivity contribution is 7.15. The Labute approximate surface area is 235 Å². The number of primary amides is 1. The molecule has 0 radical (unpaired) electrons. The molecule has 40 heavy (non-hydrogen) atoms. The Morgan fingerprint density at radius 1 is 1.15 bits per heavy atom. The van der Waals surface area contributed by atoms with Crippen LogP contribution in [0.4, 0.5) is 13.6 Å². The normalized spacial score (nSPS) is 13.9. The van der Waals surface area contributed by atoms with Crippen LogP contribution in [-0.2, 0) is 11.3 Å². The van der Waals surface area contributed by atoms with E-state index in [1.54, 1.807) is 25.3 Å². The number of ether oxygens (including phenoxy) is 3. The van der Waals surface area contributed by atoms with Crippen molar-refractivity contribution < 1.29 is 32.6 Å². The first kappa shape index (κ1) is 29.3. The summed E-state index contributed by atoms with van der Waals surface area (Å²) in [5.41, 5.74) is 5.91. The Balaban J connectivity index is 1.70. The van der Waals surface area contributed by atoms with E-state index in [0.717, 1.165) is 25.0 Å². The molecule has 2 aromatic carbocycles. The summed E-state index contributed by atoms with van der Waals surface area (Å²) in [5.74, 6) is -0.437. The summed E-state index contributed by atoms with van der Waals surface area (Å²) in [6.07, 6.45) is 0.795. The lowest BCUT2D eigenvalue weighted by atomic mass is 9.88. The van der Waals surface area contributed by atoms with Crippen LogP contribution in [0.5, 0.6) is 11.5 Å². The summed E-state index contributed by atoms with van der Waals surface area (Å²) in [6, 6.07) is 8.49. The zero-order valence-corrected chi connectivity index (χ0v) is 23.7. The third kappa shape index (κ3) is 7.68. The van der Waals surface area contributed by atoms with Crippen molar-refractivity contribution in [1.82, 2.24) is 10.3 Å². The fourth-order valence-corrected chi connectivity index (χ4v) is 5.15. The standard InChI is InChI=1S/C29H33F2N3O5S/c1-29(2,3)13-23(39-28(32)36)25-24(26(35)33-14-18-7-9-19(30)12-20(18)31)34-27(40-25)17-8-10-21(37-4)22(11-17)38-15-16-5-6-16/h7-12,16,23H,5-6,13-15H2,1-4H3,(H2,32,36)(H,33,35). The van der Waals surface area contributed by atoms with Gasteiger partial charge < -0.3 is 25.3 Å². The minimum Gasteiger partial charge on any atom is -0.493 e. The predicted octanol–water partition coefficient (Wildman–Crippen LogP) is 6.39. The zero-order valence-electron chi connectivity index (χ0n) is 22.9. The maximum atomic E-state index is 14.2. The fraction of sp³-hybridized carbons (Fsp3) is 0.414. The fourth-order valence-electron chi connectivity index (χ4n) is 4.06. The second-order valence-corrected chi connectivity index (χ2v) is 12.0. The first-order valence-corrected chi connectivity index (χ1v) is 13.8. The quantitative estimate of drug-likeness (QED) is 0.275. The number of halogens is 2. The van der Waals surface area contributed by atoms with E-state index in [4.69, 9.17) is 19.9 Å². The average molecular weight is 574 g/mol. The van der Waals surface area contributed by atoms with Gasteiger partial charge in [0.1, 0.15) is 28.4 Å². The third-order valence-corrected chi connectivity index (χ3v) is 7.45. The number of nitrogens with two attached hydrogens (primary N) is 1. The first-order chi connectivity index (χ1) is 18.9. The van der Waals surface area contributed by atoms with Gasteiger partial charge in [0.15, 0.2) is 11.5 Å². The van der Waals surface area contributed by atoms with Crippen LogP contribution in [0.25, 0.3) is 10.6 Å². The van der Waals surface area contributed by atoms with Crippen LogP contribution in [0.3, 0.4) is 0 Å². The number of hydrogen-bond acceptors (Lipinski definition) is 7. The van der Waals surface area contributed by atoms with Crippen LogP contribution < -0.4 is 20.5 Å². The minimum atomic E-state index is -0.982. The van der Waals surface area contributed by atoms with Gasteiger partial charge in [-0.2, -0.15) is 0 Å². The molecule has 1 fully saturated rings. The van der Waals surface area contributed by atoms with Gasteiger partial charge in [-0.3, -0.25) is 4.79 Å². The number of nitrogens with one attached hydrogen (secondary N) is 1. The van der Waals surface area contributed by atoms with E-state index in [-0.39, 0.29) is 23.2 Å². The molecule has 1 unspecified atom stereocenters. The number of nitrogens with zero attached hydrogens (tertiary/aromatic N) is 1. The Bertz CT molecular complexity index is 1380. The van der Waals surface area contributed by atoms with E-state index in [1.165, 1.54) is 17.4 Å². The molecule has 1 aromatic heterocycles. The Morgan fingerprint density at radius 3 is 2.52 bits per heavy atom. The lowest BCUT2D eigenvalue weighted by molar-refractivity contribution is 0.0781. The molecular formula is C29H33F2N3O5S. The summed E-state index contributed by atoms with van der Waals surface area (Å²) in [7, 11) is 1.56. The van der Waals surface area contributed by atoms with Gasteiger partial charge in [-0.25, -0.2) is 18.6 Å². The van der Waals surface area contributed by atoms with E-state index in [1.807, 2.05) is 20.8 Å². The maximum absolute atomic E-state index is 14.2. The first-order valence-electron chi connectivity index (χ1n) is 12.9. The predicted molar refractivity (Wildman–Crippen MR) is 147 cm³/mol. The Morgan fingerprint density at radius 2 is 1.90 bits per heavy atom. The molecule has 0 aliphatic heterocycles. The number of carbonyl (C=O) groups excluding carboxylic acids is 2. The highest BCUT2D eigenvalue weighted by atomic mass is 32.1. The molecule has 1 saturated carbocycles. The molecule has 214 valence electrons. The van der Waals surface area contributed by atoms with Crippen molar-refractivity contribution in [2.24, 2.45) is 17.1 Å². The zero-order chi connectivity index (χ0) is 29.0. The largest absolute Gasteiger partial charge is 0.493 e. The molecule has 2 amide bonds. The topological polar surface area (TPSA) is 113 Å². The number of rotatable bonds is 11. The number of methoxy groups -OCH3 is 1. The van der Waals surface area contributed by atoms with Gasteiger partial charge in [0.25, 0.3) is 5.91 Å². The molecule has 3 N–H and O–H groups in total. The number of carbonyl (C=O) groups is 2. The van der Waals surface area contributed by atoms with Gasteiger partial charge in [0.05, 0.1) is 18.6 Å². The minimum absolute atomic E-state index is 0.0225. The molecule has 1 heterocycles. The van der Waals surface area contributed by atoms with E-state index in [2.05, 4.69) is 10.3 Å². The van der Waals surface area contributed by atoms with Gasteiger partial charge in [0, 0.05) is 23.7 Å². The molecule has 1 aliphatic rings. The molecule has 0 saturated heterocycles. The lowest BCUT2D eigenvalue weighted by Gasteiger charge is -2.25. The van der Waals surface area contributed by atoms with Crippen LogP contribution in [0.1, 0.15) is 67.1 Å². The summed E-state index contributed by atoms with van der Waals surface area (Å²) >= 11 is 1.19. The summed E-state index contributed by atoms with van der Waals surface area (Å²) in [6.45, 7) is 6.29. The lowest BCUT2D eigenvalue weighted by Crippen LogP contribution is -2.27. The van der Waals surface area contributed by atoms with E-state index < -0.39 is 29.7 Å². The van der Waals surface area contributed by atoms with Gasteiger partial charge in [-0.05, 0) is 54.9 Å². The third-order valence-electron chi connectivity index (χ3n) is 6.25. The number of benzene rings is 2. The smallest absolute Gasteiger partial charge is 0.405 e. The summed E-state index contributed by atoms with van der Waals surface area (Å²) < 4.78 is 44.4. The van der Waals surface area contributed by atoms with Crippen LogP contribution in [0.15, 0.2) is 36.4 Å². The summed E-state index contributed by atoms with van der Waals surface area (Å²) in [5, 5.41) is 3.13. The number of thiazole rings is 1. The number of amides is 2. The molecule has 0 spiro atoms.